The van der Waals surface area contributed by atoms with Gasteiger partial charge in [-0.1, -0.05) is 24.3 Å². The zero-order chi connectivity index (χ0) is 24.5. The second-order valence-electron chi connectivity index (χ2n) is 8.47. The first kappa shape index (κ1) is 25.2. The van der Waals surface area contributed by atoms with Gasteiger partial charge in [0.05, 0.1) is 5.69 Å². The van der Waals surface area contributed by atoms with Crippen LogP contribution in [0.25, 0.3) is 22.0 Å². The van der Waals surface area contributed by atoms with Crippen molar-refractivity contribution in [2.75, 3.05) is 29.9 Å². The monoisotopic (exact) mass is 513 g/mol. The van der Waals surface area contributed by atoms with Gasteiger partial charge in [0, 0.05) is 48.1 Å². The topological polar surface area (TPSA) is 61.4 Å². The van der Waals surface area contributed by atoms with E-state index in [0.717, 1.165) is 28.5 Å². The molecular formula is C26H23ClF3N5O. The maximum atomic E-state index is 13.9. The first-order chi connectivity index (χ1) is 16.9. The van der Waals surface area contributed by atoms with Crippen LogP contribution in [0.2, 0.25) is 0 Å². The largest absolute Gasteiger partial charge is 0.348 e. The van der Waals surface area contributed by atoms with Crippen LogP contribution in [0.3, 0.4) is 0 Å². The number of benzene rings is 3. The summed E-state index contributed by atoms with van der Waals surface area (Å²) < 4.78 is 40.5. The van der Waals surface area contributed by atoms with Crippen molar-refractivity contribution < 1.29 is 18.0 Å². The molecule has 0 aliphatic carbocycles. The van der Waals surface area contributed by atoms with Crippen molar-refractivity contribution in [3.8, 4) is 11.3 Å². The molecule has 6 nitrogen and oxygen atoms in total. The van der Waals surface area contributed by atoms with E-state index >= 15 is 0 Å². The average Bonchev–Trinajstić information content (AvgIpc) is 2.86. The molecule has 0 spiro atoms. The summed E-state index contributed by atoms with van der Waals surface area (Å²) in [4.78, 5) is 16.4. The highest BCUT2D eigenvalue weighted by atomic mass is 35.5. The number of urea groups is 1. The normalized spacial score (nSPS) is 15.5. The fraction of sp³-hybridized carbons (Fsp3) is 0.192. The van der Waals surface area contributed by atoms with Gasteiger partial charge in [-0.05, 0) is 43.3 Å². The summed E-state index contributed by atoms with van der Waals surface area (Å²) in [5.74, 6) is -1.15. The molecule has 0 radical (unpaired) electrons. The number of hydrogen-bond acceptors (Lipinski definition) is 4. The predicted molar refractivity (Wildman–Crippen MR) is 136 cm³/mol. The molecular weight excluding hydrogens is 491 g/mol. The van der Waals surface area contributed by atoms with Crippen LogP contribution in [0.4, 0.5) is 29.5 Å². The molecule has 186 valence electrons. The van der Waals surface area contributed by atoms with Crippen LogP contribution in [0.15, 0.2) is 66.7 Å². The number of halogens is 4. The zero-order valence-electron chi connectivity index (χ0n) is 19.3. The van der Waals surface area contributed by atoms with Crippen molar-refractivity contribution in [3.05, 3.63) is 84.2 Å². The molecule has 1 saturated heterocycles. The Hall–Kier alpha value is -3.85. The van der Waals surface area contributed by atoms with Gasteiger partial charge in [0.2, 0.25) is 0 Å². The molecule has 1 N–H and O–H groups in total. The predicted octanol–water partition coefficient (Wildman–Crippen LogP) is 5.88. The van der Waals surface area contributed by atoms with Gasteiger partial charge in [0.25, 0.3) is 0 Å². The van der Waals surface area contributed by atoms with E-state index in [1.54, 1.807) is 17.0 Å². The lowest BCUT2D eigenvalue weighted by Gasteiger charge is -2.40. The lowest BCUT2D eigenvalue weighted by molar-refractivity contribution is 0.200. The van der Waals surface area contributed by atoms with Crippen LogP contribution in [-0.2, 0) is 0 Å². The van der Waals surface area contributed by atoms with Crippen molar-refractivity contribution in [1.82, 2.24) is 15.1 Å². The Balaban J connectivity index is 0.00000304. The maximum Gasteiger partial charge on any atom is 0.322 e. The van der Waals surface area contributed by atoms with Crippen LogP contribution in [-0.4, -0.2) is 46.8 Å². The molecule has 1 aliphatic heterocycles. The minimum atomic E-state index is -0.826. The van der Waals surface area contributed by atoms with Gasteiger partial charge in [-0.15, -0.1) is 22.6 Å². The van der Waals surface area contributed by atoms with E-state index in [0.29, 0.717) is 31.1 Å². The van der Waals surface area contributed by atoms with Gasteiger partial charge in [0.15, 0.2) is 5.82 Å². The molecule has 1 fully saturated rings. The quantitative estimate of drug-likeness (QED) is 0.372. The van der Waals surface area contributed by atoms with Crippen molar-refractivity contribution in [2.24, 2.45) is 0 Å². The number of nitrogens with zero attached hydrogens (tertiary/aromatic N) is 4. The summed E-state index contributed by atoms with van der Waals surface area (Å²) in [6.07, 6.45) is 0. The summed E-state index contributed by atoms with van der Waals surface area (Å²) in [6, 6.07) is 16.4. The summed E-state index contributed by atoms with van der Waals surface area (Å²) in [6.45, 7) is 3.23. The Kier molecular flexibility index (Phi) is 7.30. The highest BCUT2D eigenvalue weighted by Crippen LogP contribution is 2.33. The van der Waals surface area contributed by atoms with Gasteiger partial charge < -0.3 is 15.1 Å². The Morgan fingerprint density at radius 1 is 0.917 bits per heavy atom. The highest BCUT2D eigenvalue weighted by molar-refractivity contribution is 6.00. The Bertz CT molecular complexity index is 1400. The van der Waals surface area contributed by atoms with Gasteiger partial charge in [-0.25, -0.2) is 18.0 Å². The average molecular weight is 514 g/mol. The fourth-order valence-electron chi connectivity index (χ4n) is 4.36. The number of anilines is 2. The standard InChI is InChI=1S/C26H22F3N5O.ClH/c1-16-15-33(26(35)30-23-11-10-19(28)14-22(23)29)12-13-34(16)25-21-5-3-2-4-20(21)24(31-32-25)17-6-8-18(27)9-7-17;/h2-11,14,16H,12-13,15H2,1H3,(H,30,35);1H/t16-;/m0./s1. The van der Waals surface area contributed by atoms with Crippen LogP contribution >= 0.6 is 12.4 Å². The summed E-state index contributed by atoms with van der Waals surface area (Å²) in [7, 11) is 0. The third kappa shape index (κ3) is 4.92. The SMILES string of the molecule is C[C@H]1CN(C(=O)Nc2ccc(F)cc2F)CCN1c1nnc(-c2ccc(F)cc2)c2ccccc12.Cl. The molecule has 0 unspecified atom stereocenters. The van der Waals surface area contributed by atoms with Gasteiger partial charge in [-0.3, -0.25) is 0 Å². The second kappa shape index (κ2) is 10.4. The third-order valence-electron chi connectivity index (χ3n) is 6.14. The number of fused-ring (bicyclic) bond motifs is 1. The van der Waals surface area contributed by atoms with Gasteiger partial charge in [-0.2, -0.15) is 0 Å². The molecule has 1 aromatic heterocycles. The van der Waals surface area contributed by atoms with Gasteiger partial charge in [0.1, 0.15) is 23.1 Å². The smallest absolute Gasteiger partial charge is 0.322 e. The molecule has 0 saturated carbocycles. The van der Waals surface area contributed by atoms with E-state index in [2.05, 4.69) is 20.4 Å². The van der Waals surface area contributed by atoms with Crippen molar-refractivity contribution in [1.29, 1.82) is 0 Å². The maximum absolute atomic E-state index is 13.9. The number of carbonyl (C=O) groups excluding carboxylic acids is 1. The molecule has 36 heavy (non-hydrogen) atoms. The minimum absolute atomic E-state index is 0. The summed E-state index contributed by atoms with van der Waals surface area (Å²) >= 11 is 0. The first-order valence-corrected chi connectivity index (χ1v) is 11.2. The molecule has 5 rings (SSSR count). The Labute approximate surface area is 212 Å². The number of carbonyl (C=O) groups is 1. The molecule has 10 heteroatoms. The van der Waals surface area contributed by atoms with Crippen LogP contribution in [0, 0.1) is 17.5 Å². The lowest BCUT2D eigenvalue weighted by Crippen LogP contribution is -2.55. The third-order valence-corrected chi connectivity index (χ3v) is 6.14. The molecule has 3 aromatic carbocycles. The van der Waals surface area contributed by atoms with Crippen LogP contribution in [0.1, 0.15) is 6.92 Å². The van der Waals surface area contributed by atoms with Crippen LogP contribution in [0.5, 0.6) is 0 Å². The van der Waals surface area contributed by atoms with Crippen molar-refractivity contribution >= 4 is 40.7 Å². The Morgan fingerprint density at radius 2 is 1.61 bits per heavy atom. The van der Waals surface area contributed by atoms with Crippen LogP contribution < -0.4 is 10.2 Å². The molecule has 1 aliphatic rings. The fourth-order valence-corrected chi connectivity index (χ4v) is 4.36. The molecule has 0 bridgehead atoms. The first-order valence-electron chi connectivity index (χ1n) is 11.2. The van der Waals surface area contributed by atoms with E-state index < -0.39 is 17.7 Å². The zero-order valence-corrected chi connectivity index (χ0v) is 20.1. The van der Waals surface area contributed by atoms with Crippen molar-refractivity contribution in [2.45, 2.75) is 13.0 Å². The van der Waals surface area contributed by atoms with Gasteiger partial charge >= 0.3 is 6.03 Å². The summed E-state index contributed by atoms with van der Waals surface area (Å²) in [5, 5.41) is 13.3. The van der Waals surface area contributed by atoms with E-state index in [1.807, 2.05) is 31.2 Å². The number of aromatic nitrogens is 2. The number of rotatable bonds is 3. The second-order valence-corrected chi connectivity index (χ2v) is 8.47. The lowest BCUT2D eigenvalue weighted by atomic mass is 10.0. The Morgan fingerprint density at radius 3 is 2.31 bits per heavy atom. The number of piperazine rings is 1. The number of nitrogens with one attached hydrogen (secondary N) is 1. The van der Waals surface area contributed by atoms with E-state index in [4.69, 9.17) is 0 Å². The molecule has 1 atom stereocenters. The number of amides is 2. The summed E-state index contributed by atoms with van der Waals surface area (Å²) in [5.41, 5.74) is 1.36. The molecule has 4 aromatic rings. The highest BCUT2D eigenvalue weighted by Gasteiger charge is 2.29. The molecule has 2 heterocycles. The number of hydrogen-bond donors (Lipinski definition) is 1. The molecule has 2 amide bonds. The van der Waals surface area contributed by atoms with Crippen molar-refractivity contribution in [3.63, 3.8) is 0 Å². The van der Waals surface area contributed by atoms with E-state index in [1.165, 1.54) is 18.2 Å². The van der Waals surface area contributed by atoms with E-state index in [9.17, 15) is 18.0 Å². The van der Waals surface area contributed by atoms with E-state index in [-0.39, 0.29) is 30.0 Å². The minimum Gasteiger partial charge on any atom is -0.348 e.